The zero-order valence-corrected chi connectivity index (χ0v) is 13.0. The molecule has 0 spiro atoms. The third-order valence-electron chi connectivity index (χ3n) is 3.32. The molecule has 0 aliphatic rings. The molecule has 24 heavy (non-hydrogen) atoms. The Bertz CT molecular complexity index is 827. The number of methoxy groups -OCH3 is 1. The minimum atomic E-state index is -0.361. The first-order valence-corrected chi connectivity index (χ1v) is 7.33. The number of rotatable bonds is 6. The van der Waals surface area contributed by atoms with Crippen LogP contribution in [0.25, 0.3) is 0 Å². The van der Waals surface area contributed by atoms with E-state index in [9.17, 15) is 4.39 Å². The topological polar surface area (TPSA) is 72.0 Å². The lowest BCUT2D eigenvalue weighted by Crippen LogP contribution is -2.07. The summed E-state index contributed by atoms with van der Waals surface area (Å²) in [5.41, 5.74) is 1.30. The lowest BCUT2D eigenvalue weighted by atomic mass is 10.2. The SMILES string of the molecule is COc1ccccc1CNc1nncc(Nc2ccccc2F)n1. The van der Waals surface area contributed by atoms with E-state index in [1.807, 2.05) is 24.3 Å². The molecule has 0 saturated heterocycles. The second kappa shape index (κ2) is 7.36. The second-order valence-corrected chi connectivity index (χ2v) is 4.94. The number of ether oxygens (including phenoxy) is 1. The van der Waals surface area contributed by atoms with Crippen molar-refractivity contribution in [2.45, 2.75) is 6.54 Å². The van der Waals surface area contributed by atoms with E-state index in [0.29, 0.717) is 24.0 Å². The monoisotopic (exact) mass is 325 g/mol. The van der Waals surface area contributed by atoms with E-state index in [1.54, 1.807) is 25.3 Å². The summed E-state index contributed by atoms with van der Waals surface area (Å²) in [7, 11) is 1.62. The molecule has 3 aromatic rings. The molecule has 6 nitrogen and oxygen atoms in total. The Labute approximate surface area is 138 Å². The molecule has 0 saturated carbocycles. The number of benzene rings is 2. The summed E-state index contributed by atoms with van der Waals surface area (Å²) in [6.45, 7) is 0.481. The highest BCUT2D eigenvalue weighted by Gasteiger charge is 2.06. The molecule has 7 heteroatoms. The average molecular weight is 325 g/mol. The first-order valence-electron chi connectivity index (χ1n) is 7.33. The van der Waals surface area contributed by atoms with Crippen LogP contribution in [0.1, 0.15) is 5.56 Å². The highest BCUT2D eigenvalue weighted by Crippen LogP contribution is 2.19. The zero-order chi connectivity index (χ0) is 16.8. The smallest absolute Gasteiger partial charge is 0.244 e. The van der Waals surface area contributed by atoms with Crippen LogP contribution >= 0.6 is 0 Å². The maximum absolute atomic E-state index is 13.7. The molecular formula is C17H16FN5O. The summed E-state index contributed by atoms with van der Waals surface area (Å²) in [4.78, 5) is 4.28. The van der Waals surface area contributed by atoms with E-state index in [0.717, 1.165) is 11.3 Å². The molecular weight excluding hydrogens is 309 g/mol. The van der Waals surface area contributed by atoms with E-state index < -0.39 is 0 Å². The highest BCUT2D eigenvalue weighted by atomic mass is 19.1. The van der Waals surface area contributed by atoms with E-state index in [2.05, 4.69) is 25.8 Å². The van der Waals surface area contributed by atoms with Crippen LogP contribution < -0.4 is 15.4 Å². The van der Waals surface area contributed by atoms with Gasteiger partial charge in [0.2, 0.25) is 5.95 Å². The minimum Gasteiger partial charge on any atom is -0.496 e. The Morgan fingerprint density at radius 3 is 2.71 bits per heavy atom. The molecule has 0 radical (unpaired) electrons. The summed E-state index contributed by atoms with van der Waals surface area (Å²) in [5.74, 6) is 1.15. The lowest BCUT2D eigenvalue weighted by Gasteiger charge is -2.10. The maximum Gasteiger partial charge on any atom is 0.244 e. The maximum atomic E-state index is 13.7. The van der Waals surface area contributed by atoms with Crippen LogP contribution in [0.15, 0.2) is 54.7 Å². The average Bonchev–Trinajstić information content (AvgIpc) is 2.62. The molecule has 2 N–H and O–H groups in total. The number of hydrogen-bond acceptors (Lipinski definition) is 6. The quantitative estimate of drug-likeness (QED) is 0.724. The van der Waals surface area contributed by atoms with Crippen molar-refractivity contribution in [2.75, 3.05) is 17.7 Å². The van der Waals surface area contributed by atoms with Gasteiger partial charge in [-0.2, -0.15) is 10.1 Å². The van der Waals surface area contributed by atoms with Crippen LogP contribution in [0.5, 0.6) is 5.75 Å². The van der Waals surface area contributed by atoms with Gasteiger partial charge in [-0.25, -0.2) is 4.39 Å². The Kier molecular flexibility index (Phi) is 4.81. The first kappa shape index (κ1) is 15.7. The van der Waals surface area contributed by atoms with Crippen molar-refractivity contribution < 1.29 is 9.13 Å². The predicted molar refractivity (Wildman–Crippen MR) is 89.8 cm³/mol. The van der Waals surface area contributed by atoms with Crippen molar-refractivity contribution in [2.24, 2.45) is 0 Å². The summed E-state index contributed by atoms with van der Waals surface area (Å²) in [5, 5.41) is 13.8. The molecule has 0 fully saturated rings. The zero-order valence-electron chi connectivity index (χ0n) is 13.0. The minimum absolute atomic E-state index is 0.327. The lowest BCUT2D eigenvalue weighted by molar-refractivity contribution is 0.410. The molecule has 0 unspecified atom stereocenters. The number of para-hydroxylation sites is 2. The van der Waals surface area contributed by atoms with Crippen molar-refractivity contribution >= 4 is 17.5 Å². The van der Waals surface area contributed by atoms with Gasteiger partial charge in [-0.15, -0.1) is 5.10 Å². The molecule has 0 aliphatic heterocycles. The number of aromatic nitrogens is 3. The summed E-state index contributed by atoms with van der Waals surface area (Å²) >= 11 is 0. The molecule has 3 rings (SSSR count). The van der Waals surface area contributed by atoms with Crippen molar-refractivity contribution in [1.82, 2.24) is 15.2 Å². The van der Waals surface area contributed by atoms with Crippen LogP contribution in [0, 0.1) is 5.82 Å². The van der Waals surface area contributed by atoms with Crippen molar-refractivity contribution in [3.63, 3.8) is 0 Å². The fourth-order valence-electron chi connectivity index (χ4n) is 2.16. The number of hydrogen-bond donors (Lipinski definition) is 2. The fourth-order valence-corrected chi connectivity index (χ4v) is 2.16. The van der Waals surface area contributed by atoms with Gasteiger partial charge in [-0.1, -0.05) is 30.3 Å². The summed E-state index contributed by atoms with van der Waals surface area (Å²) in [6, 6.07) is 14.0. The molecule has 1 aromatic heterocycles. The van der Waals surface area contributed by atoms with Gasteiger partial charge in [0.1, 0.15) is 11.6 Å². The molecule has 0 aliphatic carbocycles. The van der Waals surface area contributed by atoms with E-state index in [-0.39, 0.29) is 5.82 Å². The van der Waals surface area contributed by atoms with Gasteiger partial charge in [0.25, 0.3) is 0 Å². The van der Waals surface area contributed by atoms with Crippen LogP contribution in [-0.2, 0) is 6.54 Å². The number of nitrogens with one attached hydrogen (secondary N) is 2. The Hall–Kier alpha value is -3.22. The standard InChI is InChI=1S/C17H16FN5O/c1-24-15-9-5-2-6-12(15)10-19-17-22-16(11-20-23-17)21-14-8-4-3-7-13(14)18/h2-9,11H,10H2,1H3,(H2,19,21,22,23). The van der Waals surface area contributed by atoms with Gasteiger partial charge >= 0.3 is 0 Å². The Balaban J connectivity index is 1.70. The van der Waals surface area contributed by atoms with E-state index >= 15 is 0 Å². The summed E-state index contributed by atoms with van der Waals surface area (Å²) in [6.07, 6.45) is 1.43. The van der Waals surface area contributed by atoms with Crippen LogP contribution in [-0.4, -0.2) is 22.3 Å². The fraction of sp³-hybridized carbons (Fsp3) is 0.118. The van der Waals surface area contributed by atoms with E-state index in [1.165, 1.54) is 12.3 Å². The molecule has 1 heterocycles. The number of anilines is 3. The van der Waals surface area contributed by atoms with Gasteiger partial charge in [0.05, 0.1) is 19.0 Å². The van der Waals surface area contributed by atoms with Gasteiger partial charge in [-0.3, -0.25) is 0 Å². The molecule has 122 valence electrons. The predicted octanol–water partition coefficient (Wildman–Crippen LogP) is 3.38. The van der Waals surface area contributed by atoms with Gasteiger partial charge in [0, 0.05) is 12.1 Å². The van der Waals surface area contributed by atoms with Crippen molar-refractivity contribution in [3.8, 4) is 5.75 Å². The third-order valence-corrected chi connectivity index (χ3v) is 3.32. The third kappa shape index (κ3) is 3.75. The molecule has 2 aromatic carbocycles. The summed E-state index contributed by atoms with van der Waals surface area (Å²) < 4.78 is 19.0. The van der Waals surface area contributed by atoms with Gasteiger partial charge in [-0.05, 0) is 18.2 Å². The highest BCUT2D eigenvalue weighted by molar-refractivity contribution is 5.56. The normalized spacial score (nSPS) is 10.2. The Morgan fingerprint density at radius 2 is 1.88 bits per heavy atom. The van der Waals surface area contributed by atoms with Crippen molar-refractivity contribution in [1.29, 1.82) is 0 Å². The molecule has 0 bridgehead atoms. The first-order chi connectivity index (χ1) is 11.8. The number of nitrogens with zero attached hydrogens (tertiary/aromatic N) is 3. The van der Waals surface area contributed by atoms with Gasteiger partial charge in [0.15, 0.2) is 5.82 Å². The largest absolute Gasteiger partial charge is 0.496 e. The number of halogens is 1. The van der Waals surface area contributed by atoms with Crippen LogP contribution in [0.3, 0.4) is 0 Å². The Morgan fingerprint density at radius 1 is 1.08 bits per heavy atom. The van der Waals surface area contributed by atoms with Crippen LogP contribution in [0.2, 0.25) is 0 Å². The molecule has 0 amide bonds. The van der Waals surface area contributed by atoms with Gasteiger partial charge < -0.3 is 15.4 Å². The second-order valence-electron chi connectivity index (χ2n) is 4.94. The van der Waals surface area contributed by atoms with E-state index in [4.69, 9.17) is 4.74 Å². The molecule has 0 atom stereocenters. The van der Waals surface area contributed by atoms with Crippen LogP contribution in [0.4, 0.5) is 21.8 Å². The van der Waals surface area contributed by atoms with Crippen molar-refractivity contribution in [3.05, 3.63) is 66.1 Å².